The molecule has 2 fully saturated rings. The van der Waals surface area contributed by atoms with Gasteiger partial charge in [0.05, 0.1) is 17.7 Å². The number of rotatable bonds is 5. The number of carbonyl (C=O) groups excluding carboxylic acids is 2. The summed E-state index contributed by atoms with van der Waals surface area (Å²) in [5.41, 5.74) is 2.20. The molecule has 0 aromatic heterocycles. The van der Waals surface area contributed by atoms with E-state index in [4.69, 9.17) is 14.2 Å². The molecule has 0 aliphatic carbocycles. The van der Waals surface area contributed by atoms with Gasteiger partial charge in [-0.3, -0.25) is 9.59 Å². The fraction of sp³-hybridized carbons (Fsp3) is 0.360. The number of nitrogens with zero attached hydrogens (tertiary/aromatic N) is 2. The first-order valence-electron chi connectivity index (χ1n) is 11.0. The summed E-state index contributed by atoms with van der Waals surface area (Å²) in [5.74, 6) is -0.511. The molecule has 2 unspecified atom stereocenters. The molecule has 0 spiro atoms. The van der Waals surface area contributed by atoms with Crippen molar-refractivity contribution in [2.45, 2.75) is 25.0 Å². The lowest BCUT2D eigenvalue weighted by Crippen LogP contribution is -2.36. The lowest BCUT2D eigenvalue weighted by Gasteiger charge is -2.28. The molecule has 3 aliphatic rings. The van der Waals surface area contributed by atoms with Gasteiger partial charge in [-0.25, -0.2) is 0 Å². The van der Waals surface area contributed by atoms with Crippen LogP contribution in [0.4, 0.5) is 5.69 Å². The molecule has 0 radical (unpaired) electrons. The number of ketones is 1. The number of aliphatic hydroxyl groups is 1. The second-order valence-electron chi connectivity index (χ2n) is 8.64. The van der Waals surface area contributed by atoms with Crippen LogP contribution in [0.1, 0.15) is 30.0 Å². The molecule has 1 N–H and O–H groups in total. The van der Waals surface area contributed by atoms with E-state index < -0.39 is 17.7 Å². The minimum atomic E-state index is -0.712. The Balaban J connectivity index is 1.59. The van der Waals surface area contributed by atoms with Gasteiger partial charge in [0, 0.05) is 38.5 Å². The predicted molar refractivity (Wildman–Crippen MR) is 121 cm³/mol. The zero-order valence-corrected chi connectivity index (χ0v) is 18.6. The molecule has 3 aliphatic heterocycles. The number of aliphatic hydroxyl groups excluding tert-OH is 1. The third-order valence-corrected chi connectivity index (χ3v) is 6.34. The van der Waals surface area contributed by atoms with E-state index in [1.165, 1.54) is 4.90 Å². The Morgan fingerprint density at radius 1 is 1.09 bits per heavy atom. The third-order valence-electron chi connectivity index (χ3n) is 6.34. The lowest BCUT2D eigenvalue weighted by molar-refractivity contribution is -0.140. The zero-order chi connectivity index (χ0) is 23.1. The number of hydrogen-bond acceptors (Lipinski definition) is 7. The van der Waals surface area contributed by atoms with E-state index in [1.54, 1.807) is 18.2 Å². The van der Waals surface area contributed by atoms with E-state index in [0.717, 1.165) is 24.1 Å². The Hall–Kier alpha value is -3.52. The van der Waals surface area contributed by atoms with Crippen molar-refractivity contribution in [2.75, 3.05) is 38.9 Å². The summed E-state index contributed by atoms with van der Waals surface area (Å²) in [6.07, 6.45) is 1.63. The van der Waals surface area contributed by atoms with Gasteiger partial charge in [-0.2, -0.15) is 0 Å². The normalized spacial score (nSPS) is 23.4. The first-order valence-corrected chi connectivity index (χ1v) is 11.0. The van der Waals surface area contributed by atoms with E-state index in [9.17, 15) is 14.7 Å². The molecule has 5 rings (SSSR count). The molecule has 172 valence electrons. The van der Waals surface area contributed by atoms with Crippen LogP contribution in [0.15, 0.2) is 48.0 Å². The first kappa shape index (κ1) is 21.3. The monoisotopic (exact) mass is 450 g/mol. The van der Waals surface area contributed by atoms with Crippen molar-refractivity contribution >= 4 is 23.1 Å². The van der Waals surface area contributed by atoms with Crippen LogP contribution in [-0.4, -0.2) is 61.8 Å². The van der Waals surface area contributed by atoms with Gasteiger partial charge in [0.15, 0.2) is 11.5 Å². The van der Waals surface area contributed by atoms with E-state index >= 15 is 0 Å². The minimum Gasteiger partial charge on any atom is -0.507 e. The summed E-state index contributed by atoms with van der Waals surface area (Å²) in [6, 6.07) is 11.9. The topological polar surface area (TPSA) is 88.5 Å². The second kappa shape index (κ2) is 8.44. The van der Waals surface area contributed by atoms with Crippen LogP contribution >= 0.6 is 0 Å². The molecule has 2 saturated heterocycles. The summed E-state index contributed by atoms with van der Waals surface area (Å²) < 4.78 is 16.5. The van der Waals surface area contributed by atoms with Crippen LogP contribution in [0, 0.1) is 0 Å². The first-order chi connectivity index (χ1) is 15.9. The van der Waals surface area contributed by atoms with Crippen molar-refractivity contribution in [3.05, 3.63) is 59.2 Å². The Kier molecular flexibility index (Phi) is 5.46. The molecule has 0 bridgehead atoms. The van der Waals surface area contributed by atoms with Gasteiger partial charge in [0.25, 0.3) is 11.7 Å². The maximum absolute atomic E-state index is 13.2. The van der Waals surface area contributed by atoms with E-state index in [1.807, 2.05) is 43.3 Å². The average Bonchev–Trinajstić information content (AvgIpc) is 3.55. The zero-order valence-electron chi connectivity index (χ0n) is 18.6. The number of Topliss-reactive ketones (excluding diaryl/α,β-unsaturated/α-hetero) is 1. The highest BCUT2D eigenvalue weighted by Crippen LogP contribution is 2.42. The van der Waals surface area contributed by atoms with Gasteiger partial charge in [0.2, 0.25) is 6.79 Å². The molecule has 2 aromatic rings. The van der Waals surface area contributed by atoms with Crippen LogP contribution < -0.4 is 14.4 Å². The SMILES string of the molecule is CN(C)c1ccc(C2/C(=C(/O)c3ccc4c(c3)OCO4)C(=O)C(=O)N2CC2CCCO2)cc1. The number of amides is 1. The molecule has 33 heavy (non-hydrogen) atoms. The van der Waals surface area contributed by atoms with Gasteiger partial charge < -0.3 is 29.1 Å². The fourth-order valence-electron chi connectivity index (χ4n) is 4.58. The van der Waals surface area contributed by atoms with Crippen molar-refractivity contribution in [1.82, 2.24) is 4.90 Å². The minimum absolute atomic E-state index is 0.0643. The van der Waals surface area contributed by atoms with Crippen molar-refractivity contribution < 1.29 is 28.9 Å². The molecule has 2 aromatic carbocycles. The number of anilines is 1. The summed E-state index contributed by atoms with van der Waals surface area (Å²) >= 11 is 0. The lowest BCUT2D eigenvalue weighted by atomic mass is 9.94. The summed E-state index contributed by atoms with van der Waals surface area (Å²) in [6.45, 7) is 1.04. The number of ether oxygens (including phenoxy) is 3. The highest BCUT2D eigenvalue weighted by molar-refractivity contribution is 6.46. The third kappa shape index (κ3) is 3.80. The molecule has 2 atom stereocenters. The molecule has 8 heteroatoms. The average molecular weight is 450 g/mol. The van der Waals surface area contributed by atoms with Crippen LogP contribution in [0.3, 0.4) is 0 Å². The van der Waals surface area contributed by atoms with Crippen LogP contribution in [0.25, 0.3) is 5.76 Å². The highest BCUT2D eigenvalue weighted by Gasteiger charge is 2.47. The number of hydrogen-bond donors (Lipinski definition) is 1. The number of carbonyl (C=O) groups is 2. The van der Waals surface area contributed by atoms with Crippen molar-refractivity contribution in [1.29, 1.82) is 0 Å². The Bertz CT molecular complexity index is 1120. The maximum atomic E-state index is 13.2. The van der Waals surface area contributed by atoms with Gasteiger partial charge in [-0.05, 0) is 48.7 Å². The summed E-state index contributed by atoms with van der Waals surface area (Å²) in [7, 11) is 3.89. The Morgan fingerprint density at radius 2 is 1.85 bits per heavy atom. The van der Waals surface area contributed by atoms with E-state index in [2.05, 4.69) is 0 Å². The van der Waals surface area contributed by atoms with Gasteiger partial charge in [-0.1, -0.05) is 12.1 Å². The molecular formula is C25H26N2O6. The predicted octanol–water partition coefficient (Wildman–Crippen LogP) is 3.08. The quantitative estimate of drug-likeness (QED) is 0.425. The molecular weight excluding hydrogens is 424 g/mol. The van der Waals surface area contributed by atoms with Crippen molar-refractivity contribution in [3.63, 3.8) is 0 Å². The van der Waals surface area contributed by atoms with Crippen molar-refractivity contribution in [3.8, 4) is 11.5 Å². The van der Waals surface area contributed by atoms with Gasteiger partial charge >= 0.3 is 0 Å². The number of likely N-dealkylation sites (tertiary alicyclic amines) is 1. The second-order valence-corrected chi connectivity index (χ2v) is 8.64. The molecule has 0 saturated carbocycles. The van der Waals surface area contributed by atoms with E-state index in [0.29, 0.717) is 30.2 Å². The van der Waals surface area contributed by atoms with Gasteiger partial charge in [0.1, 0.15) is 5.76 Å². The van der Waals surface area contributed by atoms with Crippen LogP contribution in [0.5, 0.6) is 11.5 Å². The largest absolute Gasteiger partial charge is 0.507 e. The van der Waals surface area contributed by atoms with Crippen LogP contribution in [-0.2, 0) is 14.3 Å². The Labute approximate surface area is 192 Å². The number of benzene rings is 2. The van der Waals surface area contributed by atoms with Crippen LogP contribution in [0.2, 0.25) is 0 Å². The Morgan fingerprint density at radius 3 is 2.55 bits per heavy atom. The fourth-order valence-corrected chi connectivity index (χ4v) is 4.58. The summed E-state index contributed by atoms with van der Waals surface area (Å²) in [5, 5.41) is 11.2. The molecule has 1 amide bonds. The molecule has 3 heterocycles. The smallest absolute Gasteiger partial charge is 0.295 e. The molecule has 8 nitrogen and oxygen atoms in total. The highest BCUT2D eigenvalue weighted by atomic mass is 16.7. The maximum Gasteiger partial charge on any atom is 0.295 e. The van der Waals surface area contributed by atoms with Crippen molar-refractivity contribution in [2.24, 2.45) is 0 Å². The standard InChI is InChI=1S/C25H26N2O6/c1-26(2)17-8-5-15(6-9-17)22-21(23(28)16-7-10-19-20(12-16)33-14-32-19)24(29)25(30)27(22)13-18-4-3-11-31-18/h5-10,12,18,22,28H,3-4,11,13-14H2,1-2H3/b23-21-. The summed E-state index contributed by atoms with van der Waals surface area (Å²) in [4.78, 5) is 29.8. The van der Waals surface area contributed by atoms with E-state index in [-0.39, 0.29) is 24.2 Å². The van der Waals surface area contributed by atoms with Gasteiger partial charge in [-0.15, -0.1) is 0 Å². The number of fused-ring (bicyclic) bond motifs is 1.